The second kappa shape index (κ2) is 10.8. The van der Waals surface area contributed by atoms with Gasteiger partial charge < -0.3 is 24.5 Å². The van der Waals surface area contributed by atoms with Gasteiger partial charge in [-0.1, -0.05) is 87.7 Å². The maximum Gasteiger partial charge on any atom is 0.249 e. The molecule has 0 bridgehead atoms. The summed E-state index contributed by atoms with van der Waals surface area (Å²) in [6.07, 6.45) is 12.4. The summed E-state index contributed by atoms with van der Waals surface area (Å²) in [5.74, 6) is -2.18. The number of hydrogen-bond acceptors (Lipinski definition) is 5. The minimum atomic E-state index is -1.26. The van der Waals surface area contributed by atoms with Crippen LogP contribution in [0.3, 0.4) is 0 Å². The fourth-order valence-electron chi connectivity index (χ4n) is 7.79. The molecular weight excluding hydrogens is 506 g/mol. The van der Waals surface area contributed by atoms with Crippen LogP contribution in [-0.4, -0.2) is 87.1 Å². The number of amides is 3. The van der Waals surface area contributed by atoms with Crippen LogP contribution in [0.15, 0.2) is 54.6 Å². The molecule has 2 saturated heterocycles. The second-order valence-electron chi connectivity index (χ2n) is 12.4. The topological polar surface area (TPSA) is 90.4 Å². The number of hydrogen-bond donors (Lipinski definition) is 1. The Bertz CT molecular complexity index is 1190. The van der Waals surface area contributed by atoms with E-state index in [0.717, 1.165) is 31.2 Å². The van der Waals surface area contributed by atoms with Crippen molar-refractivity contribution in [3.05, 3.63) is 60.2 Å². The lowest BCUT2D eigenvalue weighted by molar-refractivity contribution is -0.154. The lowest BCUT2D eigenvalue weighted by Crippen LogP contribution is -2.60. The predicted molar refractivity (Wildman–Crippen MR) is 150 cm³/mol. The standard InChI is InChI=1S/C32H41N3O5/c1-21(2)24(20-36)35-28-31(39)34(23-13-7-4-8-14-23)18-10-16-32(28)27(30(35)38)26-25(40-32)15-9-17-33(29(26)37)19-22-11-5-3-6-12-22/h3,5-6,9-12,15-16,21,23-28,36H,4,7-8,13-14,17-20H2,1-2H3/t24-,25-,26+,27-,28?,32-/m0/s1. The molecule has 1 saturated carbocycles. The molecule has 6 atom stereocenters. The third kappa shape index (κ3) is 4.31. The van der Waals surface area contributed by atoms with Crippen LogP contribution in [0.1, 0.15) is 51.5 Å². The van der Waals surface area contributed by atoms with Crippen molar-refractivity contribution < 1.29 is 24.2 Å². The van der Waals surface area contributed by atoms with Gasteiger partial charge in [-0.05, 0) is 24.3 Å². The van der Waals surface area contributed by atoms with E-state index in [1.807, 2.05) is 73.4 Å². The van der Waals surface area contributed by atoms with Crippen molar-refractivity contribution >= 4 is 17.7 Å². The number of fused-ring (bicyclic) bond motifs is 2. The SMILES string of the molecule is CC(C)[C@H](CO)N1C(=O)[C@@H]2[C@@H]3C(=O)N(Cc4ccccc4)CC=C[C@@H]3O[C@@]23C=CCN(C2CCCCC2)C(=O)C13. The molecule has 1 unspecified atom stereocenters. The molecular formula is C32H41N3O5. The lowest BCUT2D eigenvalue weighted by atomic mass is 9.77. The molecule has 1 spiro atoms. The van der Waals surface area contributed by atoms with E-state index >= 15 is 0 Å². The molecule has 4 aliphatic heterocycles. The smallest absolute Gasteiger partial charge is 0.249 e. The third-order valence-electron chi connectivity index (χ3n) is 9.76. The molecule has 1 N–H and O–H groups in total. The summed E-state index contributed by atoms with van der Waals surface area (Å²) in [7, 11) is 0. The minimum absolute atomic E-state index is 0.0805. The van der Waals surface area contributed by atoms with Gasteiger partial charge in [0.25, 0.3) is 0 Å². The summed E-state index contributed by atoms with van der Waals surface area (Å²) in [5, 5.41) is 10.5. The van der Waals surface area contributed by atoms with Crippen molar-refractivity contribution in [2.45, 2.75) is 82.3 Å². The van der Waals surface area contributed by atoms with Crippen LogP contribution < -0.4 is 0 Å². The first kappa shape index (κ1) is 27.2. The van der Waals surface area contributed by atoms with Crippen LogP contribution >= 0.6 is 0 Å². The molecule has 3 amide bonds. The number of aliphatic hydroxyl groups excluding tert-OH is 1. The Morgan fingerprint density at radius 3 is 2.42 bits per heavy atom. The van der Waals surface area contributed by atoms with Crippen LogP contribution in [0.5, 0.6) is 0 Å². The third-order valence-corrected chi connectivity index (χ3v) is 9.76. The van der Waals surface area contributed by atoms with Gasteiger partial charge in [0.15, 0.2) is 0 Å². The summed E-state index contributed by atoms with van der Waals surface area (Å²) in [5.41, 5.74) is -0.244. The van der Waals surface area contributed by atoms with Crippen LogP contribution in [0.25, 0.3) is 0 Å². The van der Waals surface area contributed by atoms with Crippen molar-refractivity contribution in [2.24, 2.45) is 17.8 Å². The molecule has 8 heteroatoms. The van der Waals surface area contributed by atoms with Crippen molar-refractivity contribution in [2.75, 3.05) is 19.7 Å². The fourth-order valence-corrected chi connectivity index (χ4v) is 7.79. The van der Waals surface area contributed by atoms with E-state index in [-0.39, 0.29) is 36.3 Å². The monoisotopic (exact) mass is 547 g/mol. The van der Waals surface area contributed by atoms with Crippen LogP contribution in [0, 0.1) is 17.8 Å². The van der Waals surface area contributed by atoms with Gasteiger partial charge in [0.1, 0.15) is 11.6 Å². The highest BCUT2D eigenvalue weighted by molar-refractivity contribution is 6.00. The quantitative estimate of drug-likeness (QED) is 0.554. The van der Waals surface area contributed by atoms with Gasteiger partial charge in [0, 0.05) is 25.7 Å². The fraction of sp³-hybridized carbons (Fsp3) is 0.594. The van der Waals surface area contributed by atoms with Gasteiger partial charge in [0.05, 0.1) is 30.6 Å². The molecule has 5 aliphatic rings. The Labute approximate surface area is 236 Å². The van der Waals surface area contributed by atoms with Crippen molar-refractivity contribution in [3.8, 4) is 0 Å². The number of carbonyl (C=O) groups is 3. The Hall–Kier alpha value is -2.97. The zero-order chi connectivity index (χ0) is 28.0. The highest BCUT2D eigenvalue weighted by Gasteiger charge is 2.72. The molecule has 214 valence electrons. The minimum Gasteiger partial charge on any atom is -0.394 e. The number of benzene rings is 1. The van der Waals surface area contributed by atoms with Gasteiger partial charge in [-0.15, -0.1) is 0 Å². The summed E-state index contributed by atoms with van der Waals surface area (Å²) in [6, 6.07) is 8.49. The molecule has 0 aromatic heterocycles. The Morgan fingerprint density at radius 2 is 1.73 bits per heavy atom. The first-order valence-electron chi connectivity index (χ1n) is 15.0. The normalized spacial score (nSPS) is 33.2. The van der Waals surface area contributed by atoms with Crippen molar-refractivity contribution in [1.82, 2.24) is 14.7 Å². The number of carbonyl (C=O) groups excluding carboxylic acids is 3. The van der Waals surface area contributed by atoms with Crippen molar-refractivity contribution in [3.63, 3.8) is 0 Å². The number of likely N-dealkylation sites (tertiary alicyclic amines) is 1. The van der Waals surface area contributed by atoms with Crippen LogP contribution in [-0.2, 0) is 25.7 Å². The number of rotatable bonds is 6. The maximum absolute atomic E-state index is 14.5. The summed E-state index contributed by atoms with van der Waals surface area (Å²) in [4.78, 5) is 48.6. The highest BCUT2D eigenvalue weighted by Crippen LogP contribution is 2.54. The van der Waals surface area contributed by atoms with E-state index in [4.69, 9.17) is 4.74 Å². The van der Waals surface area contributed by atoms with E-state index in [0.29, 0.717) is 19.6 Å². The first-order valence-corrected chi connectivity index (χ1v) is 15.0. The largest absolute Gasteiger partial charge is 0.394 e. The Morgan fingerprint density at radius 1 is 0.975 bits per heavy atom. The number of aliphatic hydroxyl groups is 1. The van der Waals surface area contributed by atoms with Gasteiger partial charge >= 0.3 is 0 Å². The predicted octanol–water partition coefficient (Wildman–Crippen LogP) is 2.91. The van der Waals surface area contributed by atoms with E-state index in [1.54, 1.807) is 9.80 Å². The van der Waals surface area contributed by atoms with Crippen LogP contribution in [0.4, 0.5) is 0 Å². The molecule has 8 nitrogen and oxygen atoms in total. The Balaban J connectivity index is 1.41. The molecule has 1 aliphatic carbocycles. The molecule has 6 rings (SSSR count). The zero-order valence-corrected chi connectivity index (χ0v) is 23.5. The molecule has 1 aromatic rings. The van der Waals surface area contributed by atoms with Crippen molar-refractivity contribution in [1.29, 1.82) is 0 Å². The van der Waals surface area contributed by atoms with Gasteiger partial charge in [-0.3, -0.25) is 14.4 Å². The average Bonchev–Trinajstić information content (AvgIpc) is 3.27. The van der Waals surface area contributed by atoms with E-state index in [1.165, 1.54) is 6.42 Å². The van der Waals surface area contributed by atoms with Gasteiger partial charge in [0.2, 0.25) is 17.7 Å². The summed E-state index contributed by atoms with van der Waals surface area (Å²) < 4.78 is 6.78. The Kier molecular flexibility index (Phi) is 7.34. The van der Waals surface area contributed by atoms with Gasteiger partial charge in [-0.2, -0.15) is 0 Å². The van der Waals surface area contributed by atoms with Crippen LogP contribution in [0.2, 0.25) is 0 Å². The van der Waals surface area contributed by atoms with E-state index in [9.17, 15) is 19.5 Å². The molecule has 1 aromatic carbocycles. The first-order chi connectivity index (χ1) is 19.4. The average molecular weight is 548 g/mol. The van der Waals surface area contributed by atoms with E-state index in [2.05, 4.69) is 0 Å². The van der Waals surface area contributed by atoms with Gasteiger partial charge in [-0.25, -0.2) is 0 Å². The molecule has 4 heterocycles. The number of ether oxygens (including phenoxy) is 1. The second-order valence-corrected chi connectivity index (χ2v) is 12.4. The summed E-state index contributed by atoms with van der Waals surface area (Å²) >= 11 is 0. The van der Waals surface area contributed by atoms with E-state index < -0.39 is 35.6 Å². The summed E-state index contributed by atoms with van der Waals surface area (Å²) in [6.45, 7) is 4.98. The molecule has 3 fully saturated rings. The highest BCUT2D eigenvalue weighted by atomic mass is 16.5. The molecule has 40 heavy (non-hydrogen) atoms. The zero-order valence-electron chi connectivity index (χ0n) is 23.5. The maximum atomic E-state index is 14.5. The molecule has 0 radical (unpaired) electrons. The lowest BCUT2D eigenvalue weighted by Gasteiger charge is -2.42. The number of nitrogens with zero attached hydrogens (tertiary/aromatic N) is 3.